The lowest BCUT2D eigenvalue weighted by Crippen LogP contribution is -2.44. The lowest BCUT2D eigenvalue weighted by Gasteiger charge is -2.10. The largest absolute Gasteiger partial charge is 0.332 e. The van der Waals surface area contributed by atoms with Crippen LogP contribution < -0.4 is 16.2 Å². The Balaban J connectivity index is 1.59. The van der Waals surface area contributed by atoms with Gasteiger partial charge in [-0.15, -0.1) is 0 Å². The summed E-state index contributed by atoms with van der Waals surface area (Å²) in [5.74, 6) is -0.279. The number of aromatic nitrogens is 3. The highest BCUT2D eigenvalue weighted by molar-refractivity contribution is 7.80. The molecule has 4 N–H and O–H groups in total. The Kier molecular flexibility index (Phi) is 3.92. The first-order chi connectivity index (χ1) is 10.7. The maximum absolute atomic E-state index is 12.0. The molecule has 0 radical (unpaired) electrons. The standard InChI is InChI=1S/C14H12N6OS/c21-13(12-17-10-7-4-8-15-11(10)18-12)19-20-14(22)16-9-5-2-1-3-6-9/h1-8H,(H,19,21)(H,15,17,18)(H2,16,20,22). The molecule has 2 aromatic heterocycles. The zero-order chi connectivity index (χ0) is 15.4. The van der Waals surface area contributed by atoms with E-state index in [0.29, 0.717) is 11.2 Å². The minimum Gasteiger partial charge on any atom is -0.332 e. The molecule has 0 saturated heterocycles. The van der Waals surface area contributed by atoms with Crippen molar-refractivity contribution >= 4 is 40.1 Å². The predicted octanol–water partition coefficient (Wildman–Crippen LogP) is 1.59. The maximum Gasteiger partial charge on any atom is 0.305 e. The molecule has 0 unspecified atom stereocenters. The summed E-state index contributed by atoms with van der Waals surface area (Å²) < 4.78 is 0. The molecule has 0 aliphatic rings. The van der Waals surface area contributed by atoms with Crippen molar-refractivity contribution in [3.05, 3.63) is 54.5 Å². The number of para-hydroxylation sites is 1. The van der Waals surface area contributed by atoms with Gasteiger partial charge in [0.2, 0.25) is 5.82 Å². The number of nitrogens with one attached hydrogen (secondary N) is 4. The van der Waals surface area contributed by atoms with E-state index in [9.17, 15) is 4.79 Å². The highest BCUT2D eigenvalue weighted by Gasteiger charge is 2.11. The number of thiocarbonyl (C=S) groups is 1. The van der Waals surface area contributed by atoms with E-state index in [4.69, 9.17) is 12.2 Å². The first kappa shape index (κ1) is 14.0. The van der Waals surface area contributed by atoms with Crippen molar-refractivity contribution in [2.75, 3.05) is 5.32 Å². The van der Waals surface area contributed by atoms with E-state index in [0.717, 1.165) is 5.69 Å². The number of hydrogen-bond donors (Lipinski definition) is 4. The summed E-state index contributed by atoms with van der Waals surface area (Å²) >= 11 is 5.09. The van der Waals surface area contributed by atoms with Crippen LogP contribution in [0.4, 0.5) is 5.69 Å². The summed E-state index contributed by atoms with van der Waals surface area (Å²) in [5, 5.41) is 3.21. The number of H-pyrrole nitrogens is 1. The summed E-state index contributed by atoms with van der Waals surface area (Å²) in [6.45, 7) is 0. The number of fused-ring (bicyclic) bond motifs is 1. The van der Waals surface area contributed by atoms with Crippen molar-refractivity contribution in [1.29, 1.82) is 0 Å². The fourth-order valence-electron chi connectivity index (χ4n) is 1.81. The van der Waals surface area contributed by atoms with Gasteiger partial charge in [-0.2, -0.15) is 0 Å². The van der Waals surface area contributed by atoms with Gasteiger partial charge in [-0.1, -0.05) is 18.2 Å². The van der Waals surface area contributed by atoms with E-state index in [2.05, 4.69) is 31.1 Å². The molecule has 110 valence electrons. The number of imidazole rings is 1. The molecule has 1 aromatic carbocycles. The maximum atomic E-state index is 12.0. The van der Waals surface area contributed by atoms with Crippen LogP contribution in [0.5, 0.6) is 0 Å². The fourth-order valence-corrected chi connectivity index (χ4v) is 1.98. The third kappa shape index (κ3) is 3.18. The summed E-state index contributed by atoms with van der Waals surface area (Å²) in [7, 11) is 0. The molecule has 3 rings (SSSR count). The van der Waals surface area contributed by atoms with Crippen molar-refractivity contribution in [3.8, 4) is 0 Å². The number of hydrogen-bond acceptors (Lipinski definition) is 4. The van der Waals surface area contributed by atoms with E-state index in [-0.39, 0.29) is 10.9 Å². The fraction of sp³-hybridized carbons (Fsp3) is 0. The molecule has 8 heteroatoms. The van der Waals surface area contributed by atoms with Gasteiger partial charge in [0.25, 0.3) is 0 Å². The van der Waals surface area contributed by atoms with Gasteiger partial charge in [-0.05, 0) is 36.5 Å². The van der Waals surface area contributed by atoms with Crippen LogP contribution in [0, 0.1) is 0 Å². The second kappa shape index (κ2) is 6.19. The van der Waals surface area contributed by atoms with E-state index in [1.54, 1.807) is 18.3 Å². The minimum absolute atomic E-state index is 0.156. The molecule has 7 nitrogen and oxygen atoms in total. The second-order valence-corrected chi connectivity index (χ2v) is 4.77. The molecule has 22 heavy (non-hydrogen) atoms. The molecule has 2 heterocycles. The molecular weight excluding hydrogens is 300 g/mol. The number of anilines is 1. The van der Waals surface area contributed by atoms with Gasteiger partial charge in [0.1, 0.15) is 0 Å². The second-order valence-electron chi connectivity index (χ2n) is 4.36. The van der Waals surface area contributed by atoms with Gasteiger partial charge in [0.05, 0.1) is 5.52 Å². The zero-order valence-electron chi connectivity index (χ0n) is 11.3. The van der Waals surface area contributed by atoms with Crippen molar-refractivity contribution in [3.63, 3.8) is 0 Å². The minimum atomic E-state index is -0.435. The number of carbonyl (C=O) groups excluding carboxylic acids is 1. The number of pyridine rings is 1. The highest BCUT2D eigenvalue weighted by Crippen LogP contribution is 2.07. The zero-order valence-corrected chi connectivity index (χ0v) is 12.1. The Morgan fingerprint density at radius 1 is 1.09 bits per heavy atom. The Morgan fingerprint density at radius 3 is 2.68 bits per heavy atom. The molecule has 0 spiro atoms. The molecule has 0 aliphatic heterocycles. The Bertz CT molecular complexity index is 783. The van der Waals surface area contributed by atoms with E-state index in [1.165, 1.54) is 0 Å². The smallest absolute Gasteiger partial charge is 0.305 e. The van der Waals surface area contributed by atoms with Crippen molar-refractivity contribution in [2.45, 2.75) is 0 Å². The first-order valence-corrected chi connectivity index (χ1v) is 6.86. The number of benzene rings is 1. The number of nitrogens with zero attached hydrogens (tertiary/aromatic N) is 2. The van der Waals surface area contributed by atoms with E-state index in [1.807, 2.05) is 30.3 Å². The Hall–Kier alpha value is -3.00. The summed E-state index contributed by atoms with van der Waals surface area (Å²) in [6, 6.07) is 12.9. The van der Waals surface area contributed by atoms with Crippen LogP contribution >= 0.6 is 12.2 Å². The number of amides is 1. The summed E-state index contributed by atoms with van der Waals surface area (Å²) in [4.78, 5) is 23.0. The molecular formula is C14H12N6OS. The average molecular weight is 312 g/mol. The topological polar surface area (TPSA) is 94.7 Å². The average Bonchev–Trinajstić information content (AvgIpc) is 2.98. The third-order valence-corrected chi connectivity index (χ3v) is 3.00. The number of carbonyl (C=O) groups is 1. The van der Waals surface area contributed by atoms with Crippen molar-refractivity contribution in [2.24, 2.45) is 0 Å². The van der Waals surface area contributed by atoms with Crippen LogP contribution in [0.3, 0.4) is 0 Å². The van der Waals surface area contributed by atoms with Crippen molar-refractivity contribution in [1.82, 2.24) is 25.8 Å². The Morgan fingerprint density at radius 2 is 1.91 bits per heavy atom. The van der Waals surface area contributed by atoms with Crippen LogP contribution in [0.15, 0.2) is 48.7 Å². The van der Waals surface area contributed by atoms with Crippen LogP contribution in [0.25, 0.3) is 11.2 Å². The quantitative estimate of drug-likeness (QED) is 0.424. The van der Waals surface area contributed by atoms with Gasteiger partial charge < -0.3 is 10.3 Å². The van der Waals surface area contributed by atoms with Gasteiger partial charge in [0.15, 0.2) is 10.8 Å². The van der Waals surface area contributed by atoms with Gasteiger partial charge in [-0.25, -0.2) is 9.97 Å². The lowest BCUT2D eigenvalue weighted by atomic mass is 10.3. The lowest BCUT2D eigenvalue weighted by molar-refractivity contribution is 0.0935. The molecule has 1 amide bonds. The molecule has 0 aliphatic carbocycles. The number of aromatic amines is 1. The van der Waals surface area contributed by atoms with Gasteiger partial charge in [-0.3, -0.25) is 15.6 Å². The van der Waals surface area contributed by atoms with Crippen molar-refractivity contribution < 1.29 is 4.79 Å². The number of rotatable bonds is 2. The van der Waals surface area contributed by atoms with Crippen LogP contribution in [-0.2, 0) is 0 Å². The SMILES string of the molecule is O=C(NNC(=S)Nc1ccccc1)c1nc2ncccc2[nH]1. The summed E-state index contributed by atoms with van der Waals surface area (Å²) in [5.41, 5.74) is 7.08. The molecule has 3 aromatic rings. The predicted molar refractivity (Wildman–Crippen MR) is 87.2 cm³/mol. The molecule has 0 fully saturated rings. The first-order valence-electron chi connectivity index (χ1n) is 6.45. The third-order valence-electron chi connectivity index (χ3n) is 2.79. The van der Waals surface area contributed by atoms with Crippen LogP contribution in [0.2, 0.25) is 0 Å². The normalized spacial score (nSPS) is 10.2. The van der Waals surface area contributed by atoms with Gasteiger partial charge in [0, 0.05) is 11.9 Å². The van der Waals surface area contributed by atoms with Crippen LogP contribution in [-0.4, -0.2) is 26.0 Å². The van der Waals surface area contributed by atoms with Crippen LogP contribution in [0.1, 0.15) is 10.6 Å². The van der Waals surface area contributed by atoms with E-state index < -0.39 is 5.91 Å². The monoisotopic (exact) mass is 312 g/mol. The highest BCUT2D eigenvalue weighted by atomic mass is 32.1. The number of hydrazine groups is 1. The van der Waals surface area contributed by atoms with Gasteiger partial charge >= 0.3 is 5.91 Å². The molecule has 0 bridgehead atoms. The van der Waals surface area contributed by atoms with E-state index >= 15 is 0 Å². The summed E-state index contributed by atoms with van der Waals surface area (Å²) in [6.07, 6.45) is 1.61. The molecule has 0 saturated carbocycles. The molecule has 0 atom stereocenters. The Labute approximate surface area is 131 Å².